The molecule has 0 aromatic rings. The zero-order valence-electron chi connectivity index (χ0n) is 61.3. The van der Waals surface area contributed by atoms with E-state index in [1.54, 1.807) is 0 Å². The van der Waals surface area contributed by atoms with Gasteiger partial charge in [-0.2, -0.15) is 0 Å². The van der Waals surface area contributed by atoms with Crippen LogP contribution in [0.4, 0.5) is 0 Å². The van der Waals surface area contributed by atoms with E-state index in [9.17, 15) is 43.2 Å². The minimum atomic E-state index is -4.96. The molecule has 0 amide bonds. The van der Waals surface area contributed by atoms with Gasteiger partial charge in [0.1, 0.15) is 19.3 Å². The number of unbranched alkanes of at least 4 members (excludes halogenated alkanes) is 44. The van der Waals surface area contributed by atoms with Crippen molar-refractivity contribution in [3.8, 4) is 0 Å². The monoisotopic (exact) mass is 1380 g/mol. The number of hydrogen-bond donors (Lipinski definition) is 3. The molecule has 558 valence electrons. The third-order valence-corrected chi connectivity index (χ3v) is 19.4. The number of carbonyl (C=O) groups is 4. The Labute approximate surface area is 575 Å². The van der Waals surface area contributed by atoms with Gasteiger partial charge in [0.05, 0.1) is 26.4 Å². The third-order valence-electron chi connectivity index (χ3n) is 17.5. The van der Waals surface area contributed by atoms with Gasteiger partial charge in [-0.1, -0.05) is 337 Å². The van der Waals surface area contributed by atoms with E-state index in [-0.39, 0.29) is 25.7 Å². The maximum Gasteiger partial charge on any atom is 0.472 e. The van der Waals surface area contributed by atoms with E-state index < -0.39 is 97.5 Å². The van der Waals surface area contributed by atoms with Gasteiger partial charge in [0.25, 0.3) is 0 Å². The van der Waals surface area contributed by atoms with Crippen LogP contribution in [0.2, 0.25) is 0 Å². The molecule has 0 heterocycles. The molecule has 0 aliphatic heterocycles. The van der Waals surface area contributed by atoms with E-state index in [4.69, 9.17) is 37.0 Å². The second kappa shape index (κ2) is 66.9. The second-order valence-corrected chi connectivity index (χ2v) is 30.9. The highest BCUT2D eigenvalue weighted by Gasteiger charge is 2.30. The SMILES string of the molecule is CCCCCCCCCCCCCCCCCCCCCCCCC(=O)O[C@H](COC(=O)CCCCCCCCCCCCCC(C)C)COP(=O)(O)OC[C@@H](O)COP(=O)(O)OC[C@@H](COC(=O)CCCCCCCCC)OC(=O)CCCCCCCCCCC(C)C. The molecule has 17 nitrogen and oxygen atoms in total. The molecule has 2 unspecified atom stereocenters. The first-order chi connectivity index (χ1) is 45.4. The fraction of sp³-hybridized carbons (Fsp3) is 0.947. The van der Waals surface area contributed by atoms with Crippen molar-refractivity contribution in [2.75, 3.05) is 39.6 Å². The molecule has 94 heavy (non-hydrogen) atoms. The lowest BCUT2D eigenvalue weighted by Gasteiger charge is -2.21. The fourth-order valence-electron chi connectivity index (χ4n) is 11.5. The van der Waals surface area contributed by atoms with E-state index in [0.29, 0.717) is 25.7 Å². The molecule has 0 fully saturated rings. The quantitative estimate of drug-likeness (QED) is 0.0222. The molecule has 0 rings (SSSR count). The van der Waals surface area contributed by atoms with Gasteiger partial charge in [-0.15, -0.1) is 0 Å². The number of hydrogen-bond acceptors (Lipinski definition) is 15. The molecule has 0 aliphatic rings. The van der Waals surface area contributed by atoms with Crippen LogP contribution in [0.25, 0.3) is 0 Å². The molecule has 19 heteroatoms. The summed E-state index contributed by atoms with van der Waals surface area (Å²) in [7, 11) is -9.90. The molecule has 0 aromatic heterocycles. The summed E-state index contributed by atoms with van der Waals surface area (Å²) in [5, 5.41) is 10.6. The summed E-state index contributed by atoms with van der Waals surface area (Å²) in [6.07, 6.45) is 54.5. The number of phosphoric ester groups is 2. The topological polar surface area (TPSA) is 237 Å². The Balaban J connectivity index is 5.14. The summed E-state index contributed by atoms with van der Waals surface area (Å²) in [5.41, 5.74) is 0. The molecule has 0 aromatic carbocycles. The lowest BCUT2D eigenvalue weighted by atomic mass is 10.0. The van der Waals surface area contributed by atoms with Gasteiger partial charge in [-0.05, 0) is 37.5 Å². The molecular formula is C75H146O17P2. The van der Waals surface area contributed by atoms with Crippen molar-refractivity contribution < 1.29 is 80.2 Å². The van der Waals surface area contributed by atoms with Gasteiger partial charge < -0.3 is 33.8 Å². The van der Waals surface area contributed by atoms with Crippen LogP contribution < -0.4 is 0 Å². The van der Waals surface area contributed by atoms with Crippen molar-refractivity contribution in [2.24, 2.45) is 11.8 Å². The first-order valence-electron chi connectivity index (χ1n) is 39.0. The van der Waals surface area contributed by atoms with Crippen LogP contribution >= 0.6 is 15.6 Å². The first-order valence-corrected chi connectivity index (χ1v) is 42.0. The molecule has 0 saturated heterocycles. The summed E-state index contributed by atoms with van der Waals surface area (Å²) in [5.74, 6) is -0.636. The number of carbonyl (C=O) groups excluding carboxylic acids is 4. The van der Waals surface area contributed by atoms with E-state index in [1.165, 1.54) is 193 Å². The van der Waals surface area contributed by atoms with Crippen LogP contribution in [0.1, 0.15) is 388 Å². The Morgan fingerprint density at radius 1 is 0.287 bits per heavy atom. The highest BCUT2D eigenvalue weighted by Crippen LogP contribution is 2.45. The van der Waals surface area contributed by atoms with E-state index in [0.717, 1.165) is 115 Å². The van der Waals surface area contributed by atoms with Gasteiger partial charge in [0.2, 0.25) is 0 Å². The number of esters is 4. The van der Waals surface area contributed by atoms with Crippen molar-refractivity contribution in [2.45, 2.75) is 407 Å². The third kappa shape index (κ3) is 68.6. The summed E-state index contributed by atoms with van der Waals surface area (Å²) >= 11 is 0. The largest absolute Gasteiger partial charge is 0.472 e. The van der Waals surface area contributed by atoms with E-state index in [1.807, 2.05) is 0 Å². The van der Waals surface area contributed by atoms with Gasteiger partial charge in [-0.25, -0.2) is 9.13 Å². The van der Waals surface area contributed by atoms with Gasteiger partial charge in [0, 0.05) is 25.7 Å². The predicted octanol–water partition coefficient (Wildman–Crippen LogP) is 21.9. The van der Waals surface area contributed by atoms with Crippen LogP contribution in [0.15, 0.2) is 0 Å². The van der Waals surface area contributed by atoms with Crippen molar-refractivity contribution in [1.82, 2.24) is 0 Å². The lowest BCUT2D eigenvalue weighted by Crippen LogP contribution is -2.30. The Morgan fingerprint density at radius 3 is 0.723 bits per heavy atom. The summed E-state index contributed by atoms with van der Waals surface area (Å²) in [4.78, 5) is 72.6. The molecule has 0 aliphatic carbocycles. The Kier molecular flexibility index (Phi) is 65.5. The first kappa shape index (κ1) is 92.1. The Hall–Kier alpha value is -1.94. The van der Waals surface area contributed by atoms with Crippen molar-refractivity contribution >= 4 is 39.5 Å². The zero-order chi connectivity index (χ0) is 69.3. The van der Waals surface area contributed by atoms with Crippen molar-refractivity contribution in [3.05, 3.63) is 0 Å². The minimum absolute atomic E-state index is 0.104. The van der Waals surface area contributed by atoms with E-state index >= 15 is 0 Å². The average molecular weight is 1380 g/mol. The number of ether oxygens (including phenoxy) is 4. The summed E-state index contributed by atoms with van der Waals surface area (Å²) in [6.45, 7) is 9.50. The molecule has 0 spiro atoms. The molecular weight excluding hydrogens is 1230 g/mol. The zero-order valence-corrected chi connectivity index (χ0v) is 63.1. The number of phosphoric acid groups is 2. The standard InChI is InChI=1S/C75H146O17P2/c1-7-9-11-13-15-16-17-18-19-20-21-22-23-24-25-26-27-30-34-41-47-53-59-74(79)91-71(64-86-73(78)58-52-46-40-33-31-28-29-32-38-43-49-55-67(3)4)66-90-94(83,84)88-62-69(76)61-87-93(81,82)89-65-70(63-85-72(77)57-51-45-37-14-12-10-8-2)92-75(80)60-54-48-42-36-35-39-44-50-56-68(5)6/h67-71,76H,7-66H2,1-6H3,(H,81,82)(H,83,84)/t69-,70+,71+/m0/s1. The second-order valence-electron chi connectivity index (χ2n) is 28.0. The Bertz CT molecular complexity index is 1820. The smallest absolute Gasteiger partial charge is 0.462 e. The van der Waals surface area contributed by atoms with Crippen LogP contribution in [-0.4, -0.2) is 96.7 Å². The minimum Gasteiger partial charge on any atom is -0.462 e. The summed E-state index contributed by atoms with van der Waals surface area (Å²) in [6, 6.07) is 0. The number of rotatable bonds is 74. The molecule has 5 atom stereocenters. The maximum absolute atomic E-state index is 13.1. The van der Waals surface area contributed by atoms with Crippen molar-refractivity contribution in [3.63, 3.8) is 0 Å². The average Bonchev–Trinajstić information content (AvgIpc) is 1.72. The normalized spacial score (nSPS) is 14.0. The molecule has 3 N–H and O–H groups in total. The van der Waals surface area contributed by atoms with Crippen LogP contribution in [0.3, 0.4) is 0 Å². The highest BCUT2D eigenvalue weighted by molar-refractivity contribution is 7.47. The predicted molar refractivity (Wildman–Crippen MR) is 381 cm³/mol. The van der Waals surface area contributed by atoms with Crippen LogP contribution in [-0.2, 0) is 65.4 Å². The lowest BCUT2D eigenvalue weighted by molar-refractivity contribution is -0.161. The molecule has 0 saturated carbocycles. The summed E-state index contributed by atoms with van der Waals surface area (Å²) < 4.78 is 68.3. The van der Waals surface area contributed by atoms with Crippen molar-refractivity contribution in [1.29, 1.82) is 0 Å². The number of aliphatic hydroxyl groups is 1. The fourth-order valence-corrected chi connectivity index (χ4v) is 13.1. The maximum atomic E-state index is 13.1. The van der Waals surface area contributed by atoms with Crippen LogP contribution in [0.5, 0.6) is 0 Å². The molecule has 0 radical (unpaired) electrons. The number of aliphatic hydroxyl groups excluding tert-OH is 1. The van der Waals surface area contributed by atoms with Gasteiger partial charge >= 0.3 is 39.5 Å². The van der Waals surface area contributed by atoms with E-state index in [2.05, 4.69) is 41.5 Å². The van der Waals surface area contributed by atoms with Gasteiger partial charge in [0.15, 0.2) is 12.2 Å². The highest BCUT2D eigenvalue weighted by atomic mass is 31.2. The van der Waals surface area contributed by atoms with Gasteiger partial charge in [-0.3, -0.25) is 37.3 Å². The Morgan fingerprint density at radius 2 is 0.489 bits per heavy atom. The molecule has 0 bridgehead atoms. The van der Waals surface area contributed by atoms with Crippen LogP contribution in [0, 0.1) is 11.8 Å².